The molecule has 2 heterocycles. The van der Waals surface area contributed by atoms with Crippen LogP contribution in [0.1, 0.15) is 60.7 Å². The quantitative estimate of drug-likeness (QED) is 0.911. The number of thiazole rings is 1. The van der Waals surface area contributed by atoms with Gasteiger partial charge in [-0.1, -0.05) is 13.8 Å². The van der Waals surface area contributed by atoms with Crippen molar-refractivity contribution >= 4 is 17.2 Å². The van der Waals surface area contributed by atoms with E-state index in [1.165, 1.54) is 5.01 Å². The highest BCUT2D eigenvalue weighted by Gasteiger charge is 2.30. The number of hydrogen-bond donors (Lipinski definition) is 1. The van der Waals surface area contributed by atoms with Crippen LogP contribution >= 0.6 is 11.3 Å². The minimum absolute atomic E-state index is 0.166. The van der Waals surface area contributed by atoms with E-state index in [0.717, 1.165) is 42.4 Å². The third-order valence-electron chi connectivity index (χ3n) is 4.23. The molecule has 0 atom stereocenters. The van der Waals surface area contributed by atoms with Crippen LogP contribution in [0.2, 0.25) is 0 Å². The van der Waals surface area contributed by atoms with Crippen molar-refractivity contribution in [2.24, 2.45) is 0 Å². The van der Waals surface area contributed by atoms with Crippen LogP contribution in [-0.2, 0) is 6.54 Å². The second-order valence-electron chi connectivity index (χ2n) is 6.71. The fraction of sp³-hybridized carbons (Fsp3) is 0.588. The maximum Gasteiger partial charge on any atom is 0.132 e. The molecule has 23 heavy (non-hydrogen) atoms. The molecule has 3 rings (SSSR count). The summed E-state index contributed by atoms with van der Waals surface area (Å²) in [6.07, 6.45) is 1.45. The zero-order chi connectivity index (χ0) is 16.6. The van der Waals surface area contributed by atoms with Gasteiger partial charge >= 0.3 is 0 Å². The average Bonchev–Trinajstić information content (AvgIpc) is 2.92. The molecule has 6 heteroatoms. The van der Waals surface area contributed by atoms with Crippen molar-refractivity contribution in [1.29, 1.82) is 0 Å². The maximum absolute atomic E-state index is 9.51. The summed E-state index contributed by atoms with van der Waals surface area (Å²) in [5.74, 6) is 2.54. The number of nitrogens with zero attached hydrogens (tertiary/aromatic N) is 4. The third-order valence-corrected chi connectivity index (χ3v) is 5.42. The van der Waals surface area contributed by atoms with E-state index in [4.69, 9.17) is 4.98 Å². The summed E-state index contributed by atoms with van der Waals surface area (Å²) >= 11 is 1.72. The summed E-state index contributed by atoms with van der Waals surface area (Å²) in [6, 6.07) is 2.05. The zero-order valence-electron chi connectivity index (χ0n) is 14.2. The molecule has 1 aliphatic rings. The van der Waals surface area contributed by atoms with Crippen LogP contribution in [0.3, 0.4) is 0 Å². The third kappa shape index (κ3) is 3.70. The van der Waals surface area contributed by atoms with Crippen molar-refractivity contribution in [1.82, 2.24) is 15.0 Å². The molecule has 1 fully saturated rings. The van der Waals surface area contributed by atoms with Gasteiger partial charge in [-0.25, -0.2) is 15.0 Å². The largest absolute Gasteiger partial charge is 0.393 e. The second-order valence-corrected chi connectivity index (χ2v) is 7.60. The first-order valence-electron chi connectivity index (χ1n) is 8.11. The molecule has 0 spiro atoms. The zero-order valence-corrected chi connectivity index (χ0v) is 15.0. The lowest BCUT2D eigenvalue weighted by molar-refractivity contribution is 0.0731. The Balaban J connectivity index is 1.74. The Morgan fingerprint density at radius 2 is 2.04 bits per heavy atom. The lowest BCUT2D eigenvalue weighted by atomic mass is 9.80. The highest BCUT2D eigenvalue weighted by molar-refractivity contribution is 7.09. The van der Waals surface area contributed by atoms with E-state index in [2.05, 4.69) is 40.2 Å². The first-order chi connectivity index (χ1) is 10.9. The van der Waals surface area contributed by atoms with E-state index in [9.17, 15) is 5.11 Å². The minimum atomic E-state index is -0.166. The maximum atomic E-state index is 9.51. The molecule has 1 saturated carbocycles. The van der Waals surface area contributed by atoms with Gasteiger partial charge in [0.25, 0.3) is 0 Å². The SMILES string of the molecule is Cc1nc(C2CC(O)C2)cc(N(C)Cc2csc(C(C)C)n2)n1. The lowest BCUT2D eigenvalue weighted by Crippen LogP contribution is -2.28. The van der Waals surface area contributed by atoms with Gasteiger partial charge in [-0.15, -0.1) is 11.3 Å². The topological polar surface area (TPSA) is 62.1 Å². The summed E-state index contributed by atoms with van der Waals surface area (Å²) < 4.78 is 0. The van der Waals surface area contributed by atoms with Crippen LogP contribution in [0.15, 0.2) is 11.4 Å². The molecule has 124 valence electrons. The monoisotopic (exact) mass is 332 g/mol. The van der Waals surface area contributed by atoms with Gasteiger partial charge in [0.2, 0.25) is 0 Å². The molecule has 2 aromatic rings. The fourth-order valence-electron chi connectivity index (χ4n) is 2.79. The standard InChI is InChI=1S/C17H24N4OS/c1-10(2)17-20-13(9-23-17)8-21(4)16-7-15(18-11(3)19-16)12-5-14(22)6-12/h7,9-10,12,14,22H,5-6,8H2,1-4H3. The first kappa shape index (κ1) is 16.3. The van der Waals surface area contributed by atoms with Crippen molar-refractivity contribution in [3.63, 3.8) is 0 Å². The van der Waals surface area contributed by atoms with Crippen LogP contribution in [0.5, 0.6) is 0 Å². The van der Waals surface area contributed by atoms with Crippen molar-refractivity contribution in [2.75, 3.05) is 11.9 Å². The van der Waals surface area contributed by atoms with Crippen molar-refractivity contribution in [3.05, 3.63) is 33.7 Å². The summed E-state index contributed by atoms with van der Waals surface area (Å²) in [7, 11) is 2.04. The number of hydrogen-bond acceptors (Lipinski definition) is 6. The van der Waals surface area contributed by atoms with E-state index in [-0.39, 0.29) is 6.10 Å². The molecule has 1 aliphatic carbocycles. The van der Waals surface area contributed by atoms with Gasteiger partial charge in [0.1, 0.15) is 11.6 Å². The van der Waals surface area contributed by atoms with Crippen molar-refractivity contribution < 1.29 is 5.11 Å². The van der Waals surface area contributed by atoms with Crippen molar-refractivity contribution in [2.45, 2.75) is 58.1 Å². The fourth-order valence-corrected chi connectivity index (χ4v) is 3.62. The average molecular weight is 332 g/mol. The van der Waals surface area contributed by atoms with Gasteiger partial charge in [0.05, 0.1) is 23.4 Å². The first-order valence-corrected chi connectivity index (χ1v) is 8.99. The number of rotatable bonds is 5. The number of aryl methyl sites for hydroxylation is 1. The Morgan fingerprint density at radius 3 is 2.65 bits per heavy atom. The smallest absolute Gasteiger partial charge is 0.132 e. The Hall–Kier alpha value is -1.53. The molecule has 0 amide bonds. The minimum Gasteiger partial charge on any atom is -0.393 e. The van der Waals surface area contributed by atoms with Crippen molar-refractivity contribution in [3.8, 4) is 0 Å². The van der Waals surface area contributed by atoms with Gasteiger partial charge in [-0.2, -0.15) is 0 Å². The van der Waals surface area contributed by atoms with Gasteiger partial charge in [0.15, 0.2) is 0 Å². The molecule has 0 bridgehead atoms. The van der Waals surface area contributed by atoms with E-state index in [1.807, 2.05) is 14.0 Å². The van der Waals surface area contributed by atoms with Gasteiger partial charge in [-0.05, 0) is 19.8 Å². The highest BCUT2D eigenvalue weighted by Crippen LogP contribution is 2.36. The normalized spacial score (nSPS) is 20.6. The van der Waals surface area contributed by atoms with Crippen LogP contribution < -0.4 is 4.90 Å². The lowest BCUT2D eigenvalue weighted by Gasteiger charge is -2.31. The van der Waals surface area contributed by atoms with E-state index < -0.39 is 0 Å². The Labute approximate surface area is 141 Å². The summed E-state index contributed by atoms with van der Waals surface area (Å²) in [5, 5.41) is 12.8. The van der Waals surface area contributed by atoms with E-state index in [1.54, 1.807) is 11.3 Å². The summed E-state index contributed by atoms with van der Waals surface area (Å²) in [5.41, 5.74) is 2.13. The molecular weight excluding hydrogens is 308 g/mol. The molecule has 5 nitrogen and oxygen atoms in total. The molecule has 0 aliphatic heterocycles. The second kappa shape index (κ2) is 6.53. The van der Waals surface area contributed by atoms with E-state index >= 15 is 0 Å². The Bertz CT molecular complexity index is 679. The number of aromatic nitrogens is 3. The summed E-state index contributed by atoms with van der Waals surface area (Å²) in [4.78, 5) is 15.9. The highest BCUT2D eigenvalue weighted by atomic mass is 32.1. The summed E-state index contributed by atoms with van der Waals surface area (Å²) in [6.45, 7) is 7.00. The van der Waals surface area contributed by atoms with Crippen LogP contribution in [0, 0.1) is 6.92 Å². The van der Waals surface area contributed by atoms with Crippen LogP contribution in [0.4, 0.5) is 5.82 Å². The van der Waals surface area contributed by atoms with Gasteiger partial charge in [0, 0.05) is 36.0 Å². The number of anilines is 1. The van der Waals surface area contributed by atoms with Gasteiger partial charge < -0.3 is 10.0 Å². The molecule has 0 aromatic carbocycles. The Morgan fingerprint density at radius 1 is 1.30 bits per heavy atom. The van der Waals surface area contributed by atoms with E-state index in [0.29, 0.717) is 11.8 Å². The molecule has 0 unspecified atom stereocenters. The molecule has 2 aromatic heterocycles. The Kier molecular flexibility index (Phi) is 4.64. The number of aliphatic hydroxyl groups excluding tert-OH is 1. The molecule has 0 saturated heterocycles. The predicted octanol–water partition coefficient (Wildman–Crippen LogP) is 3.24. The molecule has 0 radical (unpaired) electrons. The number of aliphatic hydroxyl groups is 1. The van der Waals surface area contributed by atoms with Crippen LogP contribution in [0.25, 0.3) is 0 Å². The van der Waals surface area contributed by atoms with Gasteiger partial charge in [-0.3, -0.25) is 0 Å². The molecule has 1 N–H and O–H groups in total. The molecular formula is C17H24N4OS. The van der Waals surface area contributed by atoms with Crippen LogP contribution in [-0.4, -0.2) is 33.2 Å². The predicted molar refractivity (Wildman–Crippen MR) is 93.1 cm³/mol.